The average Bonchev–Trinajstić information content (AvgIpc) is 2.74. The van der Waals surface area contributed by atoms with Gasteiger partial charge in [-0.1, -0.05) is 15.9 Å². The number of benzene rings is 1. The summed E-state index contributed by atoms with van der Waals surface area (Å²) in [6.07, 6.45) is 3.57. The first kappa shape index (κ1) is 12.3. The highest BCUT2D eigenvalue weighted by atomic mass is 79.9. The third-order valence-corrected chi connectivity index (χ3v) is 3.07. The molecule has 0 aliphatic rings. The monoisotopic (exact) mass is 297 g/mol. The van der Waals surface area contributed by atoms with Crippen LogP contribution in [0.2, 0.25) is 0 Å². The first-order valence-electron chi connectivity index (χ1n) is 5.34. The van der Waals surface area contributed by atoms with Crippen molar-refractivity contribution < 1.29 is 4.39 Å². The van der Waals surface area contributed by atoms with Gasteiger partial charge in [0.1, 0.15) is 11.6 Å². The lowest BCUT2D eigenvalue weighted by Gasteiger charge is -2.13. The summed E-state index contributed by atoms with van der Waals surface area (Å²) in [5, 5.41) is 0. The fourth-order valence-electron chi connectivity index (χ4n) is 1.77. The Morgan fingerprint density at radius 2 is 2.24 bits per heavy atom. The van der Waals surface area contributed by atoms with Gasteiger partial charge in [-0.05, 0) is 30.7 Å². The van der Waals surface area contributed by atoms with E-state index >= 15 is 0 Å². The van der Waals surface area contributed by atoms with Crippen molar-refractivity contribution >= 4 is 15.9 Å². The molecule has 90 valence electrons. The quantitative estimate of drug-likeness (QED) is 0.947. The molecule has 0 radical (unpaired) electrons. The van der Waals surface area contributed by atoms with Crippen LogP contribution in [0.4, 0.5) is 4.39 Å². The van der Waals surface area contributed by atoms with Crippen molar-refractivity contribution in [2.24, 2.45) is 5.73 Å². The van der Waals surface area contributed by atoms with Crippen LogP contribution < -0.4 is 5.73 Å². The topological polar surface area (TPSA) is 43.8 Å². The van der Waals surface area contributed by atoms with E-state index in [9.17, 15) is 4.39 Å². The molecule has 0 amide bonds. The molecule has 0 saturated heterocycles. The van der Waals surface area contributed by atoms with Gasteiger partial charge in [0.05, 0.1) is 6.04 Å². The van der Waals surface area contributed by atoms with Crippen LogP contribution in [-0.2, 0) is 6.54 Å². The van der Waals surface area contributed by atoms with E-state index in [1.165, 1.54) is 12.1 Å². The highest BCUT2D eigenvalue weighted by molar-refractivity contribution is 9.10. The number of hydrogen-bond acceptors (Lipinski definition) is 2. The predicted octanol–water partition coefficient (Wildman–Crippen LogP) is 2.85. The zero-order valence-electron chi connectivity index (χ0n) is 9.40. The van der Waals surface area contributed by atoms with Gasteiger partial charge in [0.2, 0.25) is 0 Å². The van der Waals surface area contributed by atoms with Gasteiger partial charge >= 0.3 is 0 Å². The van der Waals surface area contributed by atoms with Crippen LogP contribution in [0.3, 0.4) is 0 Å². The van der Waals surface area contributed by atoms with E-state index in [1.54, 1.807) is 6.20 Å². The Kier molecular flexibility index (Phi) is 3.59. The standard InChI is InChI=1S/C12H13BrFN3/c1-2-17-4-3-16-12(17)11(15)8-5-9(13)7-10(14)6-8/h3-7,11H,2,15H2,1H3. The summed E-state index contributed by atoms with van der Waals surface area (Å²) in [4.78, 5) is 4.22. The number of aromatic nitrogens is 2. The molecule has 1 heterocycles. The van der Waals surface area contributed by atoms with E-state index in [1.807, 2.05) is 23.8 Å². The minimum atomic E-state index is -0.419. The summed E-state index contributed by atoms with van der Waals surface area (Å²) in [7, 11) is 0. The Morgan fingerprint density at radius 3 is 2.88 bits per heavy atom. The molecule has 5 heteroatoms. The molecule has 1 aromatic heterocycles. The zero-order valence-corrected chi connectivity index (χ0v) is 11.0. The molecule has 0 fully saturated rings. The summed E-state index contributed by atoms with van der Waals surface area (Å²) in [5.41, 5.74) is 6.81. The third-order valence-electron chi connectivity index (χ3n) is 2.61. The minimum Gasteiger partial charge on any atom is -0.334 e. The first-order valence-corrected chi connectivity index (χ1v) is 6.13. The van der Waals surface area contributed by atoms with Crippen molar-refractivity contribution in [2.75, 3.05) is 0 Å². The SMILES string of the molecule is CCn1ccnc1C(N)c1cc(F)cc(Br)c1. The van der Waals surface area contributed by atoms with Gasteiger partial charge in [0, 0.05) is 23.4 Å². The predicted molar refractivity (Wildman–Crippen MR) is 68.0 cm³/mol. The molecule has 1 atom stereocenters. The Balaban J connectivity index is 2.39. The molecule has 1 unspecified atom stereocenters. The fraction of sp³-hybridized carbons (Fsp3) is 0.250. The van der Waals surface area contributed by atoms with Crippen molar-refractivity contribution in [1.82, 2.24) is 9.55 Å². The third kappa shape index (κ3) is 2.56. The maximum atomic E-state index is 13.3. The maximum absolute atomic E-state index is 13.3. The highest BCUT2D eigenvalue weighted by Gasteiger charge is 2.15. The minimum absolute atomic E-state index is 0.306. The second-order valence-corrected chi connectivity index (χ2v) is 4.67. The number of imidazole rings is 1. The van der Waals surface area contributed by atoms with E-state index in [0.717, 1.165) is 12.4 Å². The van der Waals surface area contributed by atoms with Gasteiger partial charge < -0.3 is 10.3 Å². The normalized spacial score (nSPS) is 12.7. The van der Waals surface area contributed by atoms with Crippen LogP contribution in [0.1, 0.15) is 24.4 Å². The fourth-order valence-corrected chi connectivity index (χ4v) is 2.25. The molecule has 0 aliphatic heterocycles. The Bertz CT molecular complexity index is 504. The molecule has 17 heavy (non-hydrogen) atoms. The second-order valence-electron chi connectivity index (χ2n) is 3.75. The first-order chi connectivity index (χ1) is 8.11. The molecular weight excluding hydrogens is 285 g/mol. The summed E-state index contributed by atoms with van der Waals surface area (Å²) < 4.78 is 15.9. The van der Waals surface area contributed by atoms with E-state index < -0.39 is 6.04 Å². The molecule has 1 aromatic carbocycles. The van der Waals surface area contributed by atoms with Crippen molar-refractivity contribution in [3.63, 3.8) is 0 Å². The van der Waals surface area contributed by atoms with Gasteiger partial charge in [0.25, 0.3) is 0 Å². The lowest BCUT2D eigenvalue weighted by Crippen LogP contribution is -2.17. The smallest absolute Gasteiger partial charge is 0.130 e. The van der Waals surface area contributed by atoms with E-state index in [4.69, 9.17) is 5.73 Å². The summed E-state index contributed by atoms with van der Waals surface area (Å²) in [5.74, 6) is 0.435. The Hall–Kier alpha value is -1.20. The number of nitrogens with zero attached hydrogens (tertiary/aromatic N) is 2. The molecule has 2 N–H and O–H groups in total. The maximum Gasteiger partial charge on any atom is 0.130 e. The molecule has 0 aliphatic carbocycles. The molecule has 0 bridgehead atoms. The summed E-state index contributed by atoms with van der Waals surface area (Å²) >= 11 is 3.26. The van der Waals surface area contributed by atoms with E-state index in [0.29, 0.717) is 10.0 Å². The van der Waals surface area contributed by atoms with E-state index in [-0.39, 0.29) is 5.82 Å². The van der Waals surface area contributed by atoms with Crippen LogP contribution in [0, 0.1) is 5.82 Å². The molecule has 3 nitrogen and oxygen atoms in total. The van der Waals surface area contributed by atoms with Crippen molar-refractivity contribution in [3.8, 4) is 0 Å². The molecule has 0 saturated carbocycles. The molecular formula is C12H13BrFN3. The number of nitrogens with two attached hydrogens (primary N) is 1. The zero-order chi connectivity index (χ0) is 12.4. The lowest BCUT2D eigenvalue weighted by atomic mass is 10.1. The van der Waals surface area contributed by atoms with Gasteiger partial charge in [0.15, 0.2) is 0 Å². The average molecular weight is 298 g/mol. The van der Waals surface area contributed by atoms with Crippen molar-refractivity contribution in [2.45, 2.75) is 19.5 Å². The van der Waals surface area contributed by atoms with Gasteiger partial charge in [-0.25, -0.2) is 9.37 Å². The van der Waals surface area contributed by atoms with E-state index in [2.05, 4.69) is 20.9 Å². The van der Waals surface area contributed by atoms with Crippen LogP contribution in [-0.4, -0.2) is 9.55 Å². The van der Waals surface area contributed by atoms with Crippen LogP contribution in [0.15, 0.2) is 35.1 Å². The van der Waals surface area contributed by atoms with Crippen molar-refractivity contribution in [1.29, 1.82) is 0 Å². The molecule has 2 rings (SSSR count). The van der Waals surface area contributed by atoms with Gasteiger partial charge in [-0.2, -0.15) is 0 Å². The lowest BCUT2D eigenvalue weighted by molar-refractivity contribution is 0.615. The highest BCUT2D eigenvalue weighted by Crippen LogP contribution is 2.23. The summed E-state index contributed by atoms with van der Waals surface area (Å²) in [6, 6.07) is 4.23. The number of rotatable bonds is 3. The Labute approximate surface area is 108 Å². The number of aryl methyl sites for hydroxylation is 1. The second kappa shape index (κ2) is 4.98. The van der Waals surface area contributed by atoms with Crippen LogP contribution in [0.25, 0.3) is 0 Å². The van der Waals surface area contributed by atoms with Crippen molar-refractivity contribution in [3.05, 3.63) is 52.3 Å². The summed E-state index contributed by atoms with van der Waals surface area (Å²) in [6.45, 7) is 2.80. The Morgan fingerprint density at radius 1 is 1.47 bits per heavy atom. The molecule has 0 spiro atoms. The van der Waals surface area contributed by atoms with Gasteiger partial charge in [-0.3, -0.25) is 0 Å². The number of halogens is 2. The van der Waals surface area contributed by atoms with Crippen LogP contribution in [0.5, 0.6) is 0 Å². The number of hydrogen-bond donors (Lipinski definition) is 1. The van der Waals surface area contributed by atoms with Crippen LogP contribution >= 0.6 is 15.9 Å². The van der Waals surface area contributed by atoms with Gasteiger partial charge in [-0.15, -0.1) is 0 Å². The molecule has 2 aromatic rings. The largest absolute Gasteiger partial charge is 0.334 e.